The molecule has 0 heterocycles. The Morgan fingerprint density at radius 3 is 2.11 bits per heavy atom. The molecule has 18 heavy (non-hydrogen) atoms. The maximum atomic E-state index is 9.77. The van der Waals surface area contributed by atoms with E-state index in [0.717, 1.165) is 25.7 Å². The summed E-state index contributed by atoms with van der Waals surface area (Å²) >= 11 is 0. The van der Waals surface area contributed by atoms with Gasteiger partial charge >= 0.3 is 0 Å². The lowest BCUT2D eigenvalue weighted by Crippen LogP contribution is -2.03. The largest absolute Gasteiger partial charge is 0.393 e. The minimum absolute atomic E-state index is 0.164. The Kier molecular flexibility index (Phi) is 14.0. The Bertz CT molecular complexity index is 206. The van der Waals surface area contributed by atoms with E-state index in [4.69, 9.17) is 0 Å². The van der Waals surface area contributed by atoms with E-state index in [2.05, 4.69) is 38.2 Å². The molecule has 106 valence electrons. The van der Waals surface area contributed by atoms with Gasteiger partial charge in [0.05, 0.1) is 6.10 Å². The lowest BCUT2D eigenvalue weighted by atomic mass is 10.1. The normalized spacial score (nSPS) is 13.7. The van der Waals surface area contributed by atoms with E-state index in [9.17, 15) is 5.11 Å². The van der Waals surface area contributed by atoms with Crippen molar-refractivity contribution in [3.63, 3.8) is 0 Å². The van der Waals surface area contributed by atoms with Crippen molar-refractivity contribution in [2.24, 2.45) is 0 Å². The van der Waals surface area contributed by atoms with Gasteiger partial charge in [0.1, 0.15) is 0 Å². The zero-order valence-corrected chi connectivity index (χ0v) is 12.4. The van der Waals surface area contributed by atoms with Crippen LogP contribution >= 0.6 is 0 Å². The smallest absolute Gasteiger partial charge is 0.0577 e. The lowest BCUT2D eigenvalue weighted by Gasteiger charge is -2.05. The molecule has 0 aliphatic rings. The summed E-state index contributed by atoms with van der Waals surface area (Å²) in [5, 5.41) is 9.77. The van der Waals surface area contributed by atoms with E-state index in [0.29, 0.717) is 0 Å². The first-order chi connectivity index (χ1) is 8.81. The molecule has 1 atom stereocenters. The van der Waals surface area contributed by atoms with Crippen LogP contribution in [-0.4, -0.2) is 11.2 Å². The first-order valence-electron chi connectivity index (χ1n) is 7.79. The van der Waals surface area contributed by atoms with Crippen molar-refractivity contribution in [2.45, 2.75) is 84.2 Å². The van der Waals surface area contributed by atoms with Gasteiger partial charge in [0.2, 0.25) is 0 Å². The van der Waals surface area contributed by atoms with Gasteiger partial charge in [0, 0.05) is 0 Å². The summed E-state index contributed by atoms with van der Waals surface area (Å²) in [5.41, 5.74) is 0. The van der Waals surface area contributed by atoms with Gasteiger partial charge in [-0.1, -0.05) is 63.8 Å². The fourth-order valence-electron chi connectivity index (χ4n) is 1.85. The molecule has 0 aliphatic carbocycles. The third kappa shape index (κ3) is 13.5. The number of hydrogen-bond donors (Lipinski definition) is 1. The van der Waals surface area contributed by atoms with Gasteiger partial charge in [-0.05, 0) is 38.5 Å². The molecule has 0 saturated heterocycles. The zero-order valence-electron chi connectivity index (χ0n) is 12.4. The van der Waals surface area contributed by atoms with Crippen LogP contribution in [-0.2, 0) is 0 Å². The van der Waals surface area contributed by atoms with Crippen molar-refractivity contribution in [1.82, 2.24) is 0 Å². The highest BCUT2D eigenvalue weighted by Gasteiger charge is 1.98. The van der Waals surface area contributed by atoms with Crippen molar-refractivity contribution in [1.29, 1.82) is 0 Å². The molecule has 0 aromatic carbocycles. The summed E-state index contributed by atoms with van der Waals surface area (Å²) in [4.78, 5) is 0. The molecular formula is C17H32O. The summed E-state index contributed by atoms with van der Waals surface area (Å²) < 4.78 is 0. The first kappa shape index (κ1) is 17.4. The van der Waals surface area contributed by atoms with Gasteiger partial charge in [0.25, 0.3) is 0 Å². The van der Waals surface area contributed by atoms with Crippen molar-refractivity contribution in [3.8, 4) is 0 Å². The molecule has 0 aliphatic heterocycles. The summed E-state index contributed by atoms with van der Waals surface area (Å²) in [6.07, 6.45) is 20.1. The minimum Gasteiger partial charge on any atom is -0.393 e. The summed E-state index contributed by atoms with van der Waals surface area (Å²) in [6, 6.07) is 0. The molecule has 0 bridgehead atoms. The zero-order chi connectivity index (χ0) is 13.5. The van der Waals surface area contributed by atoms with E-state index in [-0.39, 0.29) is 6.10 Å². The quantitative estimate of drug-likeness (QED) is 0.364. The predicted octanol–water partition coefficient (Wildman–Crippen LogP) is 5.40. The van der Waals surface area contributed by atoms with Crippen LogP contribution in [0.25, 0.3) is 0 Å². The number of aliphatic hydroxyl groups is 1. The molecule has 1 N–H and O–H groups in total. The average molecular weight is 252 g/mol. The molecule has 0 aromatic rings. The monoisotopic (exact) mass is 252 g/mol. The molecule has 1 unspecified atom stereocenters. The highest BCUT2D eigenvalue weighted by atomic mass is 16.3. The van der Waals surface area contributed by atoms with Crippen LogP contribution in [0, 0.1) is 0 Å². The van der Waals surface area contributed by atoms with E-state index in [1.54, 1.807) is 0 Å². The minimum atomic E-state index is -0.164. The molecule has 0 saturated carbocycles. The molecule has 0 spiro atoms. The molecule has 0 radical (unpaired) electrons. The summed E-state index contributed by atoms with van der Waals surface area (Å²) in [6.45, 7) is 4.44. The Labute approximate surface area is 114 Å². The van der Waals surface area contributed by atoms with E-state index < -0.39 is 0 Å². The fourth-order valence-corrected chi connectivity index (χ4v) is 1.85. The molecule has 0 rings (SSSR count). The van der Waals surface area contributed by atoms with Crippen LogP contribution in [0.2, 0.25) is 0 Å². The summed E-state index contributed by atoms with van der Waals surface area (Å²) in [7, 11) is 0. The third-order valence-corrected chi connectivity index (χ3v) is 3.11. The predicted molar refractivity (Wildman–Crippen MR) is 81.8 cm³/mol. The van der Waals surface area contributed by atoms with E-state index in [1.807, 2.05) is 0 Å². The Balaban J connectivity index is 3.36. The van der Waals surface area contributed by atoms with E-state index >= 15 is 0 Å². The number of rotatable bonds is 12. The molecular weight excluding hydrogens is 220 g/mol. The Morgan fingerprint density at radius 1 is 0.778 bits per heavy atom. The second-order valence-corrected chi connectivity index (χ2v) is 5.05. The standard InChI is InChI=1S/C17H32O/c1-3-5-7-9-11-13-15-17(18)16-14-12-10-8-6-4-2/h9,11-12,14,17-18H,3-8,10,13,15-16H2,1-2H3/b11-9-,14-12?. The van der Waals surface area contributed by atoms with Crippen molar-refractivity contribution in [3.05, 3.63) is 24.3 Å². The highest BCUT2D eigenvalue weighted by Crippen LogP contribution is 2.06. The second-order valence-electron chi connectivity index (χ2n) is 5.05. The lowest BCUT2D eigenvalue weighted by molar-refractivity contribution is 0.169. The van der Waals surface area contributed by atoms with Gasteiger partial charge in [-0.2, -0.15) is 0 Å². The van der Waals surface area contributed by atoms with Gasteiger partial charge in [0.15, 0.2) is 0 Å². The first-order valence-corrected chi connectivity index (χ1v) is 7.79. The molecule has 1 nitrogen and oxygen atoms in total. The van der Waals surface area contributed by atoms with Crippen LogP contribution in [0.4, 0.5) is 0 Å². The van der Waals surface area contributed by atoms with Crippen LogP contribution in [0.1, 0.15) is 78.1 Å². The number of allylic oxidation sites excluding steroid dienone is 3. The van der Waals surface area contributed by atoms with Crippen molar-refractivity contribution in [2.75, 3.05) is 0 Å². The summed E-state index contributed by atoms with van der Waals surface area (Å²) in [5.74, 6) is 0. The SMILES string of the molecule is CCCC/C=C\CCC(O)CC=CCCCCC. The number of aliphatic hydroxyl groups excluding tert-OH is 1. The highest BCUT2D eigenvalue weighted by molar-refractivity contribution is 4.86. The van der Waals surface area contributed by atoms with Gasteiger partial charge in [-0.25, -0.2) is 0 Å². The maximum Gasteiger partial charge on any atom is 0.0577 e. The van der Waals surface area contributed by atoms with Crippen LogP contribution in [0.5, 0.6) is 0 Å². The Hall–Kier alpha value is -0.560. The van der Waals surface area contributed by atoms with Crippen LogP contribution in [0.3, 0.4) is 0 Å². The molecule has 0 amide bonds. The second kappa shape index (κ2) is 14.5. The molecule has 0 fully saturated rings. The maximum absolute atomic E-state index is 9.77. The number of unbranched alkanes of at least 4 members (excludes halogenated alkanes) is 5. The van der Waals surface area contributed by atoms with Crippen LogP contribution < -0.4 is 0 Å². The number of hydrogen-bond acceptors (Lipinski definition) is 1. The topological polar surface area (TPSA) is 20.2 Å². The van der Waals surface area contributed by atoms with Crippen molar-refractivity contribution < 1.29 is 5.11 Å². The van der Waals surface area contributed by atoms with Crippen molar-refractivity contribution >= 4 is 0 Å². The Morgan fingerprint density at radius 2 is 1.39 bits per heavy atom. The van der Waals surface area contributed by atoms with Gasteiger partial charge < -0.3 is 5.11 Å². The van der Waals surface area contributed by atoms with Gasteiger partial charge in [-0.3, -0.25) is 0 Å². The third-order valence-electron chi connectivity index (χ3n) is 3.11. The fraction of sp³-hybridized carbons (Fsp3) is 0.765. The molecule has 0 aromatic heterocycles. The molecule has 1 heteroatoms. The van der Waals surface area contributed by atoms with E-state index in [1.165, 1.54) is 38.5 Å². The van der Waals surface area contributed by atoms with Gasteiger partial charge in [-0.15, -0.1) is 0 Å². The van der Waals surface area contributed by atoms with Crippen LogP contribution in [0.15, 0.2) is 24.3 Å². The average Bonchev–Trinajstić information content (AvgIpc) is 2.38.